The molecule has 5 nitrogen and oxygen atoms in total. The zero-order valence-electron chi connectivity index (χ0n) is 9.80. The minimum atomic E-state index is 0.214. The smallest absolute Gasteiger partial charge is 0.238 e. The Kier molecular flexibility index (Phi) is 3.24. The van der Waals surface area contributed by atoms with Crippen molar-refractivity contribution in [3.05, 3.63) is 23.8 Å². The van der Waals surface area contributed by atoms with E-state index >= 15 is 0 Å². The van der Waals surface area contributed by atoms with Gasteiger partial charge in [-0.05, 0) is 24.5 Å². The molecule has 0 N–H and O–H groups in total. The van der Waals surface area contributed by atoms with Gasteiger partial charge in [0.2, 0.25) is 11.7 Å². The molecule has 5 heteroatoms. The van der Waals surface area contributed by atoms with Crippen LogP contribution in [-0.2, 0) is 6.42 Å². The maximum atomic E-state index is 8.57. The van der Waals surface area contributed by atoms with E-state index in [0.29, 0.717) is 30.3 Å². The van der Waals surface area contributed by atoms with Crippen LogP contribution in [0.4, 0.5) is 0 Å². The third-order valence-corrected chi connectivity index (χ3v) is 2.50. The van der Waals surface area contributed by atoms with E-state index in [2.05, 4.69) is 16.2 Å². The molecule has 0 radical (unpaired) electrons. The van der Waals surface area contributed by atoms with E-state index in [9.17, 15) is 0 Å². The molecule has 0 saturated heterocycles. The second-order valence-corrected chi connectivity index (χ2v) is 4.12. The average Bonchev–Trinajstić information content (AvgIpc) is 2.87. The number of nitriles is 1. The molecule has 1 atom stereocenters. The number of nitrogens with zero attached hydrogens (tertiary/aromatic N) is 3. The SMILES string of the molecule is Cc1ccoc1-c1noc(CC(C)CC#N)n1. The number of hydrogen-bond donors (Lipinski definition) is 0. The zero-order chi connectivity index (χ0) is 12.3. The summed E-state index contributed by atoms with van der Waals surface area (Å²) in [6.45, 7) is 3.90. The summed E-state index contributed by atoms with van der Waals surface area (Å²) in [6.07, 6.45) is 2.69. The molecule has 0 saturated carbocycles. The Morgan fingerprint density at radius 1 is 1.53 bits per heavy atom. The maximum Gasteiger partial charge on any atom is 0.238 e. The number of aromatic nitrogens is 2. The van der Waals surface area contributed by atoms with E-state index in [0.717, 1.165) is 5.56 Å². The lowest BCUT2D eigenvalue weighted by Gasteiger charge is -2.00. The minimum absolute atomic E-state index is 0.214. The van der Waals surface area contributed by atoms with Crippen molar-refractivity contribution in [1.29, 1.82) is 5.26 Å². The molecule has 0 aliphatic heterocycles. The van der Waals surface area contributed by atoms with E-state index in [-0.39, 0.29) is 5.92 Å². The Morgan fingerprint density at radius 2 is 2.35 bits per heavy atom. The van der Waals surface area contributed by atoms with Gasteiger partial charge in [0.05, 0.1) is 12.3 Å². The molecular formula is C12H13N3O2. The molecule has 2 rings (SSSR count). The van der Waals surface area contributed by atoms with Crippen LogP contribution in [0.5, 0.6) is 0 Å². The van der Waals surface area contributed by atoms with Gasteiger partial charge in [-0.15, -0.1) is 0 Å². The van der Waals surface area contributed by atoms with Crippen molar-refractivity contribution in [3.8, 4) is 17.7 Å². The summed E-state index contributed by atoms with van der Waals surface area (Å²) in [6, 6.07) is 3.97. The van der Waals surface area contributed by atoms with E-state index in [1.165, 1.54) is 0 Å². The summed E-state index contributed by atoms with van der Waals surface area (Å²) in [7, 11) is 0. The van der Waals surface area contributed by atoms with Crippen LogP contribution in [0.2, 0.25) is 0 Å². The molecule has 0 bridgehead atoms. The van der Waals surface area contributed by atoms with Crippen LogP contribution in [0, 0.1) is 24.2 Å². The van der Waals surface area contributed by atoms with Gasteiger partial charge in [-0.1, -0.05) is 12.1 Å². The Labute approximate surface area is 99.1 Å². The van der Waals surface area contributed by atoms with Crippen LogP contribution in [0.25, 0.3) is 11.6 Å². The van der Waals surface area contributed by atoms with Gasteiger partial charge in [0.25, 0.3) is 0 Å². The molecule has 0 fully saturated rings. The van der Waals surface area contributed by atoms with Crippen molar-refractivity contribution in [2.75, 3.05) is 0 Å². The second kappa shape index (κ2) is 4.83. The summed E-state index contributed by atoms with van der Waals surface area (Å²) in [5.74, 6) is 1.85. The molecule has 1 unspecified atom stereocenters. The van der Waals surface area contributed by atoms with E-state index < -0.39 is 0 Å². The van der Waals surface area contributed by atoms with Crippen LogP contribution in [-0.4, -0.2) is 10.1 Å². The quantitative estimate of drug-likeness (QED) is 0.808. The fraction of sp³-hybridized carbons (Fsp3) is 0.417. The topological polar surface area (TPSA) is 75.8 Å². The highest BCUT2D eigenvalue weighted by atomic mass is 16.5. The highest BCUT2D eigenvalue weighted by Crippen LogP contribution is 2.21. The zero-order valence-corrected chi connectivity index (χ0v) is 9.80. The first-order valence-electron chi connectivity index (χ1n) is 5.44. The molecule has 0 spiro atoms. The van der Waals surface area contributed by atoms with Gasteiger partial charge < -0.3 is 8.94 Å². The van der Waals surface area contributed by atoms with Gasteiger partial charge in [0.15, 0.2) is 5.76 Å². The Balaban J connectivity index is 2.12. The van der Waals surface area contributed by atoms with Gasteiger partial charge in [-0.2, -0.15) is 10.2 Å². The van der Waals surface area contributed by atoms with Crippen molar-refractivity contribution in [2.45, 2.75) is 26.7 Å². The Morgan fingerprint density at radius 3 is 3.00 bits per heavy atom. The highest BCUT2D eigenvalue weighted by molar-refractivity contribution is 5.50. The van der Waals surface area contributed by atoms with E-state index in [1.54, 1.807) is 6.26 Å². The number of rotatable bonds is 4. The van der Waals surface area contributed by atoms with Crippen molar-refractivity contribution >= 4 is 0 Å². The summed E-state index contributed by atoms with van der Waals surface area (Å²) < 4.78 is 10.4. The molecular weight excluding hydrogens is 218 g/mol. The largest absolute Gasteiger partial charge is 0.461 e. The molecule has 0 aliphatic carbocycles. The number of aryl methyl sites for hydroxylation is 1. The maximum absolute atomic E-state index is 8.57. The van der Waals surface area contributed by atoms with Crippen molar-refractivity contribution < 1.29 is 8.94 Å². The molecule has 17 heavy (non-hydrogen) atoms. The monoisotopic (exact) mass is 231 g/mol. The predicted octanol–water partition coefficient (Wildman–Crippen LogP) is 2.73. The van der Waals surface area contributed by atoms with Crippen LogP contribution < -0.4 is 0 Å². The standard InChI is InChI=1S/C12H13N3O2/c1-8(3-5-13)7-10-14-12(15-17-10)11-9(2)4-6-16-11/h4,6,8H,3,7H2,1-2H3. The van der Waals surface area contributed by atoms with E-state index in [4.69, 9.17) is 14.2 Å². The fourth-order valence-electron chi connectivity index (χ4n) is 1.56. The van der Waals surface area contributed by atoms with Crippen LogP contribution in [0.3, 0.4) is 0 Å². The van der Waals surface area contributed by atoms with Gasteiger partial charge >= 0.3 is 0 Å². The summed E-state index contributed by atoms with van der Waals surface area (Å²) in [5.41, 5.74) is 0.974. The van der Waals surface area contributed by atoms with Gasteiger partial charge in [-0.3, -0.25) is 0 Å². The molecule has 88 valence electrons. The lowest BCUT2D eigenvalue weighted by atomic mass is 10.1. The van der Waals surface area contributed by atoms with Crippen molar-refractivity contribution in [1.82, 2.24) is 10.1 Å². The van der Waals surface area contributed by atoms with E-state index in [1.807, 2.05) is 19.9 Å². The first kappa shape index (κ1) is 11.4. The average molecular weight is 231 g/mol. The summed E-state index contributed by atoms with van der Waals surface area (Å²) in [4.78, 5) is 4.25. The van der Waals surface area contributed by atoms with Crippen molar-refractivity contribution in [3.63, 3.8) is 0 Å². The predicted molar refractivity (Wildman–Crippen MR) is 59.8 cm³/mol. The molecule has 0 aromatic carbocycles. The minimum Gasteiger partial charge on any atom is -0.461 e. The summed E-state index contributed by atoms with van der Waals surface area (Å²) >= 11 is 0. The molecule has 2 aromatic rings. The van der Waals surface area contributed by atoms with Crippen molar-refractivity contribution in [2.24, 2.45) is 5.92 Å². The van der Waals surface area contributed by atoms with Gasteiger partial charge in [-0.25, -0.2) is 0 Å². The molecule has 0 aliphatic rings. The van der Waals surface area contributed by atoms with Crippen LogP contribution in [0.1, 0.15) is 24.8 Å². The van der Waals surface area contributed by atoms with Crippen LogP contribution in [0.15, 0.2) is 21.3 Å². The second-order valence-electron chi connectivity index (χ2n) is 4.12. The molecule has 2 aromatic heterocycles. The number of furan rings is 1. The lowest BCUT2D eigenvalue weighted by Crippen LogP contribution is -1.98. The molecule has 0 amide bonds. The first-order chi connectivity index (χ1) is 8.20. The van der Waals surface area contributed by atoms with Gasteiger partial charge in [0, 0.05) is 12.8 Å². The van der Waals surface area contributed by atoms with Gasteiger partial charge in [0.1, 0.15) is 0 Å². The fourth-order valence-corrected chi connectivity index (χ4v) is 1.56. The Hall–Kier alpha value is -2.09. The third-order valence-electron chi connectivity index (χ3n) is 2.50. The molecule has 2 heterocycles. The van der Waals surface area contributed by atoms with Crippen LogP contribution >= 0.6 is 0 Å². The third kappa shape index (κ3) is 2.53. The summed E-state index contributed by atoms with van der Waals surface area (Å²) in [5, 5.41) is 12.4. The normalized spacial score (nSPS) is 12.3. The first-order valence-corrected chi connectivity index (χ1v) is 5.44. The Bertz CT molecular complexity index is 536. The highest BCUT2D eigenvalue weighted by Gasteiger charge is 2.15. The number of hydrogen-bond acceptors (Lipinski definition) is 5. The lowest BCUT2D eigenvalue weighted by molar-refractivity contribution is 0.358.